The lowest BCUT2D eigenvalue weighted by Crippen LogP contribution is -2.25. The second-order valence-electron chi connectivity index (χ2n) is 6.45. The largest absolute Gasteiger partial charge is 0.398 e. The maximum Gasteiger partial charge on any atom is 0.251 e. The average molecular weight is 345 g/mol. The molecule has 0 aliphatic heterocycles. The van der Waals surface area contributed by atoms with Gasteiger partial charge in [-0.15, -0.1) is 0 Å². The molecule has 1 aliphatic rings. The number of hydrogen-bond donors (Lipinski definition) is 3. The summed E-state index contributed by atoms with van der Waals surface area (Å²) in [7, 11) is 0. The van der Waals surface area contributed by atoms with E-state index in [1.54, 1.807) is 0 Å². The van der Waals surface area contributed by atoms with Crippen LogP contribution in [0.3, 0.4) is 0 Å². The van der Waals surface area contributed by atoms with Crippen LogP contribution in [0.4, 0.5) is 14.5 Å². The van der Waals surface area contributed by atoms with Gasteiger partial charge in [0.25, 0.3) is 5.91 Å². The van der Waals surface area contributed by atoms with Crippen molar-refractivity contribution in [2.45, 2.75) is 38.8 Å². The quantitative estimate of drug-likeness (QED) is 0.728. The van der Waals surface area contributed by atoms with Crippen molar-refractivity contribution in [3.8, 4) is 0 Å². The summed E-state index contributed by atoms with van der Waals surface area (Å²) >= 11 is 0. The second kappa shape index (κ2) is 6.80. The van der Waals surface area contributed by atoms with Crippen molar-refractivity contribution >= 4 is 11.6 Å². The Hall–Kier alpha value is -2.47. The molecule has 1 saturated carbocycles. The van der Waals surface area contributed by atoms with Crippen LogP contribution in [0.1, 0.15) is 51.4 Å². The number of nitrogens with one attached hydrogen (secondary N) is 1. The zero-order valence-electron chi connectivity index (χ0n) is 14.0. The number of halogens is 2. The summed E-state index contributed by atoms with van der Waals surface area (Å²) < 4.78 is 26.9. The van der Waals surface area contributed by atoms with E-state index in [0.717, 1.165) is 35.6 Å². The molecule has 1 fully saturated rings. The van der Waals surface area contributed by atoms with E-state index < -0.39 is 17.5 Å². The highest BCUT2D eigenvalue weighted by Gasteiger charge is 2.27. The Balaban J connectivity index is 1.84. The van der Waals surface area contributed by atoms with Gasteiger partial charge in [-0.25, -0.2) is 8.78 Å². The molecule has 0 radical (unpaired) electrons. The van der Waals surface area contributed by atoms with E-state index in [2.05, 4.69) is 5.32 Å². The molecule has 3 rings (SSSR count). The van der Waals surface area contributed by atoms with Crippen molar-refractivity contribution in [2.24, 2.45) is 5.73 Å². The van der Waals surface area contributed by atoms with E-state index in [9.17, 15) is 13.6 Å². The molecule has 4 nitrogen and oxygen atoms in total. The fourth-order valence-electron chi connectivity index (χ4n) is 3.08. The maximum absolute atomic E-state index is 13.5. The smallest absolute Gasteiger partial charge is 0.251 e. The van der Waals surface area contributed by atoms with Crippen molar-refractivity contribution in [3.63, 3.8) is 0 Å². The number of anilines is 1. The number of hydrogen-bond acceptors (Lipinski definition) is 3. The molecule has 5 N–H and O–H groups in total. The Morgan fingerprint density at radius 3 is 2.56 bits per heavy atom. The number of carbonyl (C=O) groups excluding carboxylic acids is 1. The van der Waals surface area contributed by atoms with Crippen LogP contribution in [0.25, 0.3) is 0 Å². The molecule has 1 aliphatic carbocycles. The van der Waals surface area contributed by atoms with Gasteiger partial charge in [0.15, 0.2) is 11.6 Å². The van der Waals surface area contributed by atoms with E-state index in [-0.39, 0.29) is 24.2 Å². The van der Waals surface area contributed by atoms with Gasteiger partial charge in [0, 0.05) is 24.3 Å². The summed E-state index contributed by atoms with van der Waals surface area (Å²) in [5.74, 6) is -1.96. The highest BCUT2D eigenvalue weighted by molar-refractivity contribution is 5.94. The molecule has 6 heteroatoms. The number of carbonyl (C=O) groups is 1. The molecule has 1 amide bonds. The van der Waals surface area contributed by atoms with Crippen LogP contribution in [0.5, 0.6) is 0 Å². The Bertz CT molecular complexity index is 809. The Kier molecular flexibility index (Phi) is 4.72. The number of nitrogen functional groups attached to an aromatic ring is 1. The minimum atomic E-state index is -1.03. The molecule has 0 spiro atoms. The summed E-state index contributed by atoms with van der Waals surface area (Å²) in [5, 5.41) is 2.77. The van der Waals surface area contributed by atoms with Gasteiger partial charge in [-0.1, -0.05) is 6.07 Å². The fourth-order valence-corrected chi connectivity index (χ4v) is 3.08. The highest BCUT2D eigenvalue weighted by Crippen LogP contribution is 2.43. The highest BCUT2D eigenvalue weighted by atomic mass is 19.2. The van der Waals surface area contributed by atoms with Crippen molar-refractivity contribution in [3.05, 3.63) is 63.7 Å². The minimum absolute atomic E-state index is 0.0857. The average Bonchev–Trinajstić information content (AvgIpc) is 3.42. The maximum atomic E-state index is 13.5. The van der Waals surface area contributed by atoms with Crippen LogP contribution >= 0.6 is 0 Å². The van der Waals surface area contributed by atoms with Gasteiger partial charge in [-0.2, -0.15) is 0 Å². The number of rotatable bonds is 5. The molecule has 25 heavy (non-hydrogen) atoms. The van der Waals surface area contributed by atoms with Gasteiger partial charge < -0.3 is 16.8 Å². The van der Waals surface area contributed by atoms with Crippen molar-refractivity contribution in [1.82, 2.24) is 5.32 Å². The summed E-state index contributed by atoms with van der Waals surface area (Å²) in [6.07, 6.45) is 2.22. The lowest BCUT2D eigenvalue weighted by atomic mass is 9.96. The monoisotopic (exact) mass is 345 g/mol. The topological polar surface area (TPSA) is 81.1 Å². The minimum Gasteiger partial charge on any atom is -0.398 e. The molecule has 0 unspecified atom stereocenters. The fraction of sp³-hybridized carbons (Fsp3) is 0.316. The molecular formula is C19H21F2N3O. The van der Waals surface area contributed by atoms with E-state index in [0.29, 0.717) is 11.6 Å². The zero-order chi connectivity index (χ0) is 18.1. The molecule has 2 aromatic carbocycles. The summed E-state index contributed by atoms with van der Waals surface area (Å²) in [6, 6.07) is 6.07. The van der Waals surface area contributed by atoms with Crippen LogP contribution in [0.15, 0.2) is 24.3 Å². The van der Waals surface area contributed by atoms with Gasteiger partial charge >= 0.3 is 0 Å². The second-order valence-corrected chi connectivity index (χ2v) is 6.45. The Labute approximate surface area is 145 Å². The summed E-state index contributed by atoms with van der Waals surface area (Å²) in [6.45, 7) is 1.95. The molecule has 0 heterocycles. The summed E-state index contributed by atoms with van der Waals surface area (Å²) in [4.78, 5) is 12.4. The van der Waals surface area contributed by atoms with Crippen molar-refractivity contribution in [1.29, 1.82) is 0 Å². The van der Waals surface area contributed by atoms with Crippen LogP contribution in [-0.4, -0.2) is 5.91 Å². The molecule has 0 aromatic heterocycles. The molecule has 2 aromatic rings. The summed E-state index contributed by atoms with van der Waals surface area (Å²) in [5.41, 5.74) is 15.5. The number of benzene rings is 2. The number of amides is 1. The normalized spacial score (nSPS) is 13.8. The van der Waals surface area contributed by atoms with Crippen LogP contribution in [-0.2, 0) is 13.1 Å². The predicted octanol–water partition coefficient (Wildman–Crippen LogP) is 3.12. The third-order valence-corrected chi connectivity index (χ3v) is 4.62. The lowest BCUT2D eigenvalue weighted by molar-refractivity contribution is 0.0950. The molecule has 132 valence electrons. The van der Waals surface area contributed by atoms with Gasteiger partial charge in [0.05, 0.1) is 0 Å². The first-order valence-electron chi connectivity index (χ1n) is 8.26. The Morgan fingerprint density at radius 1 is 1.24 bits per heavy atom. The van der Waals surface area contributed by atoms with Gasteiger partial charge in [0.1, 0.15) is 0 Å². The third-order valence-electron chi connectivity index (χ3n) is 4.62. The first-order valence-corrected chi connectivity index (χ1v) is 8.26. The van der Waals surface area contributed by atoms with Crippen LogP contribution < -0.4 is 16.8 Å². The van der Waals surface area contributed by atoms with Crippen LogP contribution in [0, 0.1) is 18.6 Å². The van der Waals surface area contributed by atoms with Gasteiger partial charge in [0.2, 0.25) is 0 Å². The molecule has 0 atom stereocenters. The molecule has 0 bridgehead atoms. The first kappa shape index (κ1) is 17.4. The van der Waals surface area contributed by atoms with Crippen molar-refractivity contribution in [2.75, 3.05) is 5.73 Å². The third kappa shape index (κ3) is 3.49. The SMILES string of the molecule is Cc1cc(C(=O)NCc2c(C3CC3)ccc(N)c2CN)cc(F)c1F. The Morgan fingerprint density at radius 2 is 1.96 bits per heavy atom. The van der Waals surface area contributed by atoms with Gasteiger partial charge in [-0.3, -0.25) is 4.79 Å². The lowest BCUT2D eigenvalue weighted by Gasteiger charge is -2.17. The van der Waals surface area contributed by atoms with Gasteiger partial charge in [-0.05, 0) is 66.1 Å². The number of nitrogens with two attached hydrogens (primary N) is 2. The first-order chi connectivity index (χ1) is 11.9. The predicted molar refractivity (Wildman–Crippen MR) is 93.0 cm³/mol. The zero-order valence-corrected chi connectivity index (χ0v) is 14.0. The standard InChI is InChI=1S/C19H21F2N3O/c1-10-6-12(7-16(20)18(10)21)19(25)24-9-15-13(11-2-3-11)4-5-17(23)14(15)8-22/h4-7,11H,2-3,8-9,22-23H2,1H3,(H,24,25). The van der Waals surface area contributed by atoms with Crippen LogP contribution in [0.2, 0.25) is 0 Å². The number of aryl methyl sites for hydroxylation is 1. The van der Waals surface area contributed by atoms with Crippen molar-refractivity contribution < 1.29 is 13.6 Å². The van der Waals surface area contributed by atoms with E-state index in [1.165, 1.54) is 13.0 Å². The van der Waals surface area contributed by atoms with E-state index >= 15 is 0 Å². The molecule has 0 saturated heterocycles. The molecular weight excluding hydrogens is 324 g/mol. The van der Waals surface area contributed by atoms with E-state index in [4.69, 9.17) is 11.5 Å². The van der Waals surface area contributed by atoms with E-state index in [1.807, 2.05) is 12.1 Å².